The SMILES string of the molecule is CC(CN1CCCC1)Nc1nccnc1Cc1ccc(F)cc1. The van der Waals surface area contributed by atoms with Crippen LogP contribution in [0.3, 0.4) is 0 Å². The highest BCUT2D eigenvalue weighted by molar-refractivity contribution is 5.43. The number of benzene rings is 1. The Labute approximate surface area is 136 Å². The Balaban J connectivity index is 1.66. The predicted molar refractivity (Wildman–Crippen MR) is 90.0 cm³/mol. The van der Waals surface area contributed by atoms with E-state index in [-0.39, 0.29) is 5.82 Å². The van der Waals surface area contributed by atoms with Gasteiger partial charge in [-0.15, -0.1) is 0 Å². The standard InChI is InChI=1S/C18H23FN4/c1-14(13-23-10-2-3-11-23)22-18-17(20-8-9-21-18)12-15-4-6-16(19)7-5-15/h4-9,14H,2-3,10-13H2,1H3,(H,21,22). The van der Waals surface area contributed by atoms with Gasteiger partial charge in [0.05, 0.1) is 5.69 Å². The molecule has 1 N–H and O–H groups in total. The van der Waals surface area contributed by atoms with E-state index in [0.29, 0.717) is 12.5 Å². The Bertz CT molecular complexity index is 623. The van der Waals surface area contributed by atoms with Gasteiger partial charge in [0, 0.05) is 31.4 Å². The van der Waals surface area contributed by atoms with Crippen LogP contribution in [-0.4, -0.2) is 40.5 Å². The third-order valence-corrected chi connectivity index (χ3v) is 4.17. The van der Waals surface area contributed by atoms with Gasteiger partial charge in [0.1, 0.15) is 11.6 Å². The number of nitrogens with one attached hydrogen (secondary N) is 1. The monoisotopic (exact) mass is 314 g/mol. The number of nitrogens with zero attached hydrogens (tertiary/aromatic N) is 3. The molecule has 2 aromatic rings. The van der Waals surface area contributed by atoms with E-state index < -0.39 is 0 Å². The molecule has 0 saturated carbocycles. The zero-order valence-electron chi connectivity index (χ0n) is 13.5. The molecule has 5 heteroatoms. The van der Waals surface area contributed by atoms with Crippen molar-refractivity contribution >= 4 is 5.82 Å². The molecule has 1 aliphatic rings. The quantitative estimate of drug-likeness (QED) is 0.889. The molecular weight excluding hydrogens is 291 g/mol. The smallest absolute Gasteiger partial charge is 0.148 e. The van der Waals surface area contributed by atoms with Crippen molar-refractivity contribution < 1.29 is 4.39 Å². The van der Waals surface area contributed by atoms with Gasteiger partial charge in [-0.25, -0.2) is 9.37 Å². The van der Waals surface area contributed by atoms with Crippen molar-refractivity contribution in [3.05, 3.63) is 53.7 Å². The maximum absolute atomic E-state index is 13.0. The highest BCUT2D eigenvalue weighted by atomic mass is 19.1. The van der Waals surface area contributed by atoms with E-state index in [4.69, 9.17) is 0 Å². The van der Waals surface area contributed by atoms with Gasteiger partial charge in [-0.05, 0) is 50.6 Å². The first-order valence-electron chi connectivity index (χ1n) is 8.24. The summed E-state index contributed by atoms with van der Waals surface area (Å²) in [6.07, 6.45) is 6.66. The summed E-state index contributed by atoms with van der Waals surface area (Å²) < 4.78 is 13.0. The number of rotatable bonds is 6. The molecule has 1 saturated heterocycles. The summed E-state index contributed by atoms with van der Waals surface area (Å²) in [5, 5.41) is 3.48. The molecule has 1 fully saturated rings. The fourth-order valence-electron chi connectivity index (χ4n) is 3.04. The molecule has 1 atom stereocenters. The lowest BCUT2D eigenvalue weighted by Gasteiger charge is -2.22. The second-order valence-electron chi connectivity index (χ2n) is 6.21. The van der Waals surface area contributed by atoms with Gasteiger partial charge in [-0.2, -0.15) is 0 Å². The maximum Gasteiger partial charge on any atom is 0.148 e. The van der Waals surface area contributed by atoms with Gasteiger partial charge in [0.25, 0.3) is 0 Å². The molecule has 0 spiro atoms. The van der Waals surface area contributed by atoms with E-state index in [1.54, 1.807) is 24.5 Å². The topological polar surface area (TPSA) is 41.0 Å². The van der Waals surface area contributed by atoms with E-state index in [2.05, 4.69) is 27.1 Å². The Morgan fingerprint density at radius 2 is 1.83 bits per heavy atom. The molecule has 1 aliphatic heterocycles. The normalized spacial score (nSPS) is 16.4. The summed E-state index contributed by atoms with van der Waals surface area (Å²) in [5.41, 5.74) is 1.93. The summed E-state index contributed by atoms with van der Waals surface area (Å²) in [4.78, 5) is 11.4. The number of likely N-dealkylation sites (tertiary alicyclic amines) is 1. The number of aromatic nitrogens is 2. The van der Waals surface area contributed by atoms with Crippen LogP contribution in [0.15, 0.2) is 36.7 Å². The van der Waals surface area contributed by atoms with Gasteiger partial charge < -0.3 is 10.2 Å². The molecule has 2 heterocycles. The van der Waals surface area contributed by atoms with Crippen molar-refractivity contribution in [2.45, 2.75) is 32.2 Å². The molecule has 0 aliphatic carbocycles. The lowest BCUT2D eigenvalue weighted by atomic mass is 10.1. The fraction of sp³-hybridized carbons (Fsp3) is 0.444. The average Bonchev–Trinajstić information content (AvgIpc) is 3.04. The molecule has 0 amide bonds. The molecule has 3 rings (SSSR count). The summed E-state index contributed by atoms with van der Waals surface area (Å²) in [7, 11) is 0. The molecular formula is C18H23FN4. The summed E-state index contributed by atoms with van der Waals surface area (Å²) >= 11 is 0. The number of hydrogen-bond acceptors (Lipinski definition) is 4. The van der Waals surface area contributed by atoms with Crippen molar-refractivity contribution in [1.29, 1.82) is 0 Å². The Hall–Kier alpha value is -2.01. The third-order valence-electron chi connectivity index (χ3n) is 4.17. The van der Waals surface area contributed by atoms with Crippen LogP contribution >= 0.6 is 0 Å². The second-order valence-corrected chi connectivity index (χ2v) is 6.21. The Morgan fingerprint density at radius 1 is 1.13 bits per heavy atom. The van der Waals surface area contributed by atoms with E-state index in [1.165, 1.54) is 38.1 Å². The Morgan fingerprint density at radius 3 is 2.57 bits per heavy atom. The van der Waals surface area contributed by atoms with Gasteiger partial charge in [-0.1, -0.05) is 12.1 Å². The van der Waals surface area contributed by atoms with Gasteiger partial charge in [0.2, 0.25) is 0 Å². The molecule has 1 aromatic carbocycles. The first-order valence-corrected chi connectivity index (χ1v) is 8.24. The van der Waals surface area contributed by atoms with E-state index in [1.807, 2.05) is 0 Å². The van der Waals surface area contributed by atoms with E-state index in [9.17, 15) is 4.39 Å². The molecule has 23 heavy (non-hydrogen) atoms. The van der Waals surface area contributed by atoms with Crippen LogP contribution < -0.4 is 5.32 Å². The average molecular weight is 314 g/mol. The molecule has 1 unspecified atom stereocenters. The lowest BCUT2D eigenvalue weighted by molar-refractivity contribution is 0.327. The van der Waals surface area contributed by atoms with Crippen molar-refractivity contribution in [3.63, 3.8) is 0 Å². The van der Waals surface area contributed by atoms with Crippen LogP contribution in [0.1, 0.15) is 31.0 Å². The van der Waals surface area contributed by atoms with Crippen molar-refractivity contribution in [2.24, 2.45) is 0 Å². The predicted octanol–water partition coefficient (Wildman–Crippen LogP) is 3.10. The largest absolute Gasteiger partial charge is 0.365 e. The van der Waals surface area contributed by atoms with Crippen LogP contribution in [0, 0.1) is 5.82 Å². The van der Waals surface area contributed by atoms with Crippen molar-refractivity contribution in [2.75, 3.05) is 25.0 Å². The zero-order chi connectivity index (χ0) is 16.1. The number of anilines is 1. The number of hydrogen-bond donors (Lipinski definition) is 1. The highest BCUT2D eigenvalue weighted by Crippen LogP contribution is 2.16. The first-order chi connectivity index (χ1) is 11.2. The molecule has 0 bridgehead atoms. The second kappa shape index (κ2) is 7.51. The summed E-state index contributed by atoms with van der Waals surface area (Å²) in [6, 6.07) is 6.86. The fourth-order valence-corrected chi connectivity index (χ4v) is 3.04. The van der Waals surface area contributed by atoms with Gasteiger partial charge in [0.15, 0.2) is 0 Å². The lowest BCUT2D eigenvalue weighted by Crippen LogP contribution is -2.33. The minimum absolute atomic E-state index is 0.217. The van der Waals surface area contributed by atoms with Gasteiger partial charge in [-0.3, -0.25) is 4.98 Å². The van der Waals surface area contributed by atoms with Crippen molar-refractivity contribution in [1.82, 2.24) is 14.9 Å². The molecule has 4 nitrogen and oxygen atoms in total. The number of halogens is 1. The van der Waals surface area contributed by atoms with Crippen LogP contribution in [0.4, 0.5) is 10.2 Å². The summed E-state index contributed by atoms with van der Waals surface area (Å²) in [6.45, 7) is 5.57. The third kappa shape index (κ3) is 4.48. The van der Waals surface area contributed by atoms with Crippen LogP contribution in [0.25, 0.3) is 0 Å². The van der Waals surface area contributed by atoms with Crippen molar-refractivity contribution in [3.8, 4) is 0 Å². The van der Waals surface area contributed by atoms with E-state index in [0.717, 1.165) is 23.6 Å². The molecule has 0 radical (unpaired) electrons. The minimum atomic E-state index is -0.217. The Kier molecular flexibility index (Phi) is 5.18. The van der Waals surface area contributed by atoms with Crippen LogP contribution in [0.5, 0.6) is 0 Å². The molecule has 1 aromatic heterocycles. The molecule has 122 valence electrons. The van der Waals surface area contributed by atoms with Crippen LogP contribution in [0.2, 0.25) is 0 Å². The van der Waals surface area contributed by atoms with Gasteiger partial charge >= 0.3 is 0 Å². The minimum Gasteiger partial charge on any atom is -0.365 e. The highest BCUT2D eigenvalue weighted by Gasteiger charge is 2.16. The van der Waals surface area contributed by atoms with E-state index >= 15 is 0 Å². The first kappa shape index (κ1) is 15.9. The summed E-state index contributed by atoms with van der Waals surface area (Å²) in [5.74, 6) is 0.606. The maximum atomic E-state index is 13.0. The van der Waals surface area contributed by atoms with Crippen LogP contribution in [-0.2, 0) is 6.42 Å². The zero-order valence-corrected chi connectivity index (χ0v) is 13.5.